The van der Waals surface area contributed by atoms with Crippen LogP contribution in [0.5, 0.6) is 0 Å². The van der Waals surface area contributed by atoms with Crippen LogP contribution < -0.4 is 5.32 Å². The van der Waals surface area contributed by atoms with Gasteiger partial charge in [-0.3, -0.25) is 4.79 Å². The van der Waals surface area contributed by atoms with E-state index in [9.17, 15) is 9.59 Å². The highest BCUT2D eigenvalue weighted by Crippen LogP contribution is 1.95. The van der Waals surface area contributed by atoms with Gasteiger partial charge < -0.3 is 15.2 Å². The number of amides is 1. The molecular formula is C11H18N4O4. The number of hydrogen-bond donors (Lipinski definition) is 2. The van der Waals surface area contributed by atoms with Gasteiger partial charge in [0.25, 0.3) is 0 Å². The van der Waals surface area contributed by atoms with Crippen molar-refractivity contribution in [1.29, 1.82) is 0 Å². The van der Waals surface area contributed by atoms with Crippen LogP contribution in [0.3, 0.4) is 0 Å². The van der Waals surface area contributed by atoms with E-state index in [1.807, 2.05) is 0 Å². The second kappa shape index (κ2) is 8.20. The molecule has 1 aromatic heterocycles. The summed E-state index contributed by atoms with van der Waals surface area (Å²) < 4.78 is 6.11. The molecule has 0 radical (unpaired) electrons. The summed E-state index contributed by atoms with van der Waals surface area (Å²) in [7, 11) is 1.66. The van der Waals surface area contributed by atoms with Crippen molar-refractivity contribution >= 4 is 11.9 Å². The Morgan fingerprint density at radius 2 is 2.21 bits per heavy atom. The maximum Gasteiger partial charge on any atom is 0.358 e. The van der Waals surface area contributed by atoms with Gasteiger partial charge >= 0.3 is 5.97 Å². The summed E-state index contributed by atoms with van der Waals surface area (Å²) in [4.78, 5) is 22.1. The molecule has 0 bridgehead atoms. The molecule has 106 valence electrons. The van der Waals surface area contributed by atoms with Crippen molar-refractivity contribution in [3.63, 3.8) is 0 Å². The van der Waals surface area contributed by atoms with E-state index < -0.39 is 5.97 Å². The molecule has 0 aliphatic carbocycles. The Kier molecular flexibility index (Phi) is 6.51. The van der Waals surface area contributed by atoms with Crippen LogP contribution >= 0.6 is 0 Å². The molecule has 0 saturated heterocycles. The molecule has 8 nitrogen and oxygen atoms in total. The van der Waals surface area contributed by atoms with E-state index in [0.29, 0.717) is 6.54 Å². The van der Waals surface area contributed by atoms with E-state index in [1.165, 1.54) is 10.9 Å². The zero-order chi connectivity index (χ0) is 14.1. The fourth-order valence-electron chi connectivity index (χ4n) is 1.45. The molecule has 0 aliphatic heterocycles. The summed E-state index contributed by atoms with van der Waals surface area (Å²) in [6.07, 6.45) is 4.06. The van der Waals surface area contributed by atoms with Gasteiger partial charge in [-0.1, -0.05) is 5.21 Å². The SMILES string of the molecule is COCCCCCNC(=O)Cn1cc(C(=O)O)nn1. The topological polar surface area (TPSA) is 106 Å². The normalized spacial score (nSPS) is 10.4. The van der Waals surface area contributed by atoms with Crippen molar-refractivity contribution in [2.75, 3.05) is 20.3 Å². The zero-order valence-corrected chi connectivity index (χ0v) is 10.8. The number of hydrogen-bond acceptors (Lipinski definition) is 5. The van der Waals surface area contributed by atoms with Crippen LogP contribution in [0.4, 0.5) is 0 Å². The quantitative estimate of drug-likeness (QED) is 0.607. The highest BCUT2D eigenvalue weighted by atomic mass is 16.5. The van der Waals surface area contributed by atoms with Gasteiger partial charge in [0.05, 0.1) is 6.20 Å². The fraction of sp³-hybridized carbons (Fsp3) is 0.636. The molecule has 1 rings (SSSR count). The van der Waals surface area contributed by atoms with Gasteiger partial charge in [-0.05, 0) is 19.3 Å². The van der Waals surface area contributed by atoms with Crippen LogP contribution in [-0.2, 0) is 16.1 Å². The standard InChI is InChI=1S/C11H18N4O4/c1-19-6-4-2-3-5-12-10(16)8-15-7-9(11(17)18)13-14-15/h7H,2-6,8H2,1H3,(H,12,16)(H,17,18). The molecule has 0 spiro atoms. The lowest BCUT2D eigenvalue weighted by Gasteiger charge is -2.04. The fourth-order valence-corrected chi connectivity index (χ4v) is 1.45. The predicted octanol–water partition coefficient (Wildman–Crippen LogP) is -0.0908. The van der Waals surface area contributed by atoms with Gasteiger partial charge in [0.15, 0.2) is 5.69 Å². The molecule has 0 aromatic carbocycles. The van der Waals surface area contributed by atoms with Gasteiger partial charge in [0.1, 0.15) is 6.54 Å². The van der Waals surface area contributed by atoms with E-state index in [1.54, 1.807) is 7.11 Å². The predicted molar refractivity (Wildman–Crippen MR) is 65.7 cm³/mol. The number of aromatic nitrogens is 3. The minimum atomic E-state index is -1.16. The van der Waals surface area contributed by atoms with Crippen LogP contribution in [0.2, 0.25) is 0 Å². The van der Waals surface area contributed by atoms with Gasteiger partial charge in [0, 0.05) is 20.3 Å². The van der Waals surface area contributed by atoms with Crippen LogP contribution in [-0.4, -0.2) is 52.2 Å². The van der Waals surface area contributed by atoms with Crippen molar-refractivity contribution in [3.05, 3.63) is 11.9 Å². The van der Waals surface area contributed by atoms with Gasteiger partial charge in [-0.15, -0.1) is 5.10 Å². The number of carbonyl (C=O) groups excluding carboxylic acids is 1. The van der Waals surface area contributed by atoms with Crippen LogP contribution in [0.15, 0.2) is 6.20 Å². The van der Waals surface area contributed by atoms with E-state index >= 15 is 0 Å². The molecular weight excluding hydrogens is 252 g/mol. The number of nitrogens with zero attached hydrogens (tertiary/aromatic N) is 3. The third-order valence-electron chi connectivity index (χ3n) is 2.41. The van der Waals surface area contributed by atoms with Crippen molar-refractivity contribution in [2.45, 2.75) is 25.8 Å². The Hall–Kier alpha value is -1.96. The number of carboxylic acids is 1. The van der Waals surface area contributed by atoms with Crippen LogP contribution in [0.25, 0.3) is 0 Å². The summed E-state index contributed by atoms with van der Waals surface area (Å²) in [5.74, 6) is -1.38. The smallest absolute Gasteiger partial charge is 0.358 e. The number of unbranched alkanes of at least 4 members (excludes halogenated alkanes) is 2. The summed E-state index contributed by atoms with van der Waals surface area (Å²) in [5, 5.41) is 18.4. The average Bonchev–Trinajstić information content (AvgIpc) is 2.82. The molecule has 0 fully saturated rings. The number of carbonyl (C=O) groups is 2. The molecule has 0 aliphatic rings. The number of nitrogens with one attached hydrogen (secondary N) is 1. The molecule has 1 heterocycles. The molecule has 2 N–H and O–H groups in total. The average molecular weight is 270 g/mol. The highest BCUT2D eigenvalue weighted by Gasteiger charge is 2.10. The highest BCUT2D eigenvalue weighted by molar-refractivity contribution is 5.84. The first-order valence-corrected chi connectivity index (χ1v) is 6.02. The lowest BCUT2D eigenvalue weighted by molar-refractivity contribution is -0.121. The van der Waals surface area contributed by atoms with Gasteiger partial charge in [-0.2, -0.15) is 0 Å². The van der Waals surface area contributed by atoms with E-state index in [4.69, 9.17) is 9.84 Å². The summed E-state index contributed by atoms with van der Waals surface area (Å²) in [6.45, 7) is 1.28. The molecule has 0 unspecified atom stereocenters. The molecule has 1 aromatic rings. The summed E-state index contributed by atoms with van der Waals surface area (Å²) in [6, 6.07) is 0. The Bertz CT molecular complexity index is 419. The number of methoxy groups -OCH3 is 1. The van der Waals surface area contributed by atoms with Crippen molar-refractivity contribution in [3.8, 4) is 0 Å². The first kappa shape index (κ1) is 15.1. The van der Waals surface area contributed by atoms with Crippen molar-refractivity contribution < 1.29 is 19.4 Å². The zero-order valence-electron chi connectivity index (χ0n) is 10.8. The summed E-state index contributed by atoms with van der Waals surface area (Å²) >= 11 is 0. The minimum Gasteiger partial charge on any atom is -0.476 e. The van der Waals surface area contributed by atoms with E-state index in [2.05, 4.69) is 15.6 Å². The van der Waals surface area contributed by atoms with Crippen LogP contribution in [0, 0.1) is 0 Å². The molecule has 0 saturated carbocycles. The first-order valence-electron chi connectivity index (χ1n) is 6.02. The second-order valence-corrected chi connectivity index (χ2v) is 4.01. The Balaban J connectivity index is 2.18. The third-order valence-corrected chi connectivity index (χ3v) is 2.41. The molecule has 8 heteroatoms. The maximum absolute atomic E-state index is 11.5. The van der Waals surface area contributed by atoms with E-state index in [0.717, 1.165) is 25.9 Å². The van der Waals surface area contributed by atoms with Crippen molar-refractivity contribution in [1.82, 2.24) is 20.3 Å². The van der Waals surface area contributed by atoms with Gasteiger partial charge in [-0.25, -0.2) is 9.48 Å². The lowest BCUT2D eigenvalue weighted by Crippen LogP contribution is -2.28. The monoisotopic (exact) mass is 270 g/mol. The number of rotatable bonds is 9. The number of carboxylic acid groups (broad SMARTS) is 1. The molecule has 1 amide bonds. The molecule has 0 atom stereocenters. The third kappa shape index (κ3) is 5.96. The van der Waals surface area contributed by atoms with Crippen molar-refractivity contribution in [2.24, 2.45) is 0 Å². The van der Waals surface area contributed by atoms with Crippen LogP contribution in [0.1, 0.15) is 29.8 Å². The van der Waals surface area contributed by atoms with E-state index in [-0.39, 0.29) is 18.1 Å². The molecule has 19 heavy (non-hydrogen) atoms. The Morgan fingerprint density at radius 3 is 2.84 bits per heavy atom. The Labute approximate surface area is 110 Å². The maximum atomic E-state index is 11.5. The second-order valence-electron chi connectivity index (χ2n) is 4.01. The minimum absolute atomic E-state index is 0.0294. The van der Waals surface area contributed by atoms with Gasteiger partial charge in [0.2, 0.25) is 5.91 Å². The largest absolute Gasteiger partial charge is 0.476 e. The number of ether oxygens (including phenoxy) is 1. The summed E-state index contributed by atoms with van der Waals surface area (Å²) in [5.41, 5.74) is -0.174. The Morgan fingerprint density at radius 1 is 1.42 bits per heavy atom. The first-order chi connectivity index (χ1) is 9.13. The number of aromatic carboxylic acids is 1. The lowest BCUT2D eigenvalue weighted by atomic mass is 10.2.